The van der Waals surface area contributed by atoms with E-state index in [2.05, 4.69) is 31.1 Å². The number of aromatic amines is 1. The summed E-state index contributed by atoms with van der Waals surface area (Å²) in [5, 5.41) is 18.8. The summed E-state index contributed by atoms with van der Waals surface area (Å²) in [7, 11) is 0. The van der Waals surface area contributed by atoms with Crippen molar-refractivity contribution < 1.29 is 13.7 Å². The van der Waals surface area contributed by atoms with Gasteiger partial charge in [0.1, 0.15) is 5.76 Å². The highest BCUT2D eigenvalue weighted by molar-refractivity contribution is 6.02. The van der Waals surface area contributed by atoms with Crippen LogP contribution in [0.2, 0.25) is 0 Å². The lowest BCUT2D eigenvalue weighted by Crippen LogP contribution is -2.13. The summed E-state index contributed by atoms with van der Waals surface area (Å²) >= 11 is 0. The summed E-state index contributed by atoms with van der Waals surface area (Å²) in [5.74, 6) is 1.17. The molecule has 3 aromatic rings. The lowest BCUT2D eigenvalue weighted by Gasteiger charge is -1.93. The summed E-state index contributed by atoms with van der Waals surface area (Å²) in [4.78, 5) is 11.8. The Morgan fingerprint density at radius 2 is 2.26 bits per heavy atom. The lowest BCUT2D eigenvalue weighted by molar-refractivity contribution is 0.101. The number of nitrogens with zero attached hydrogens (tertiary/aromatic N) is 4. The van der Waals surface area contributed by atoms with E-state index in [1.807, 2.05) is 6.92 Å². The van der Waals surface area contributed by atoms with Crippen LogP contribution >= 0.6 is 0 Å². The predicted octanol–water partition coefficient (Wildman–Crippen LogP) is 1.01. The summed E-state index contributed by atoms with van der Waals surface area (Å²) < 4.78 is 10.4. The van der Waals surface area contributed by atoms with Crippen LogP contribution in [0.15, 0.2) is 27.1 Å². The molecule has 9 nitrogen and oxygen atoms in total. The molecule has 0 aliphatic carbocycles. The van der Waals surface area contributed by atoms with E-state index in [4.69, 9.17) is 8.94 Å². The van der Waals surface area contributed by atoms with Gasteiger partial charge in [0, 0.05) is 6.07 Å². The Kier molecular flexibility index (Phi) is 2.56. The van der Waals surface area contributed by atoms with Gasteiger partial charge in [0.05, 0.1) is 0 Å². The van der Waals surface area contributed by atoms with Gasteiger partial charge < -0.3 is 8.94 Å². The molecule has 9 heteroatoms. The molecule has 0 saturated heterocycles. The molecule has 0 saturated carbocycles. The zero-order valence-electron chi connectivity index (χ0n) is 9.75. The number of carbonyl (C=O) groups is 1. The van der Waals surface area contributed by atoms with Crippen LogP contribution in [-0.2, 0) is 0 Å². The molecule has 0 aliphatic rings. The second-order valence-corrected chi connectivity index (χ2v) is 3.68. The fourth-order valence-electron chi connectivity index (χ4n) is 1.45. The van der Waals surface area contributed by atoms with E-state index in [1.54, 1.807) is 12.1 Å². The normalized spacial score (nSPS) is 10.6. The monoisotopic (exact) mass is 260 g/mol. The topological polar surface area (TPSA) is 123 Å². The highest BCUT2D eigenvalue weighted by Crippen LogP contribution is 2.22. The van der Waals surface area contributed by atoms with E-state index in [9.17, 15) is 4.79 Å². The van der Waals surface area contributed by atoms with E-state index in [-0.39, 0.29) is 11.6 Å². The first-order valence-electron chi connectivity index (χ1n) is 5.31. The van der Waals surface area contributed by atoms with Crippen LogP contribution in [0, 0.1) is 6.92 Å². The standard InChI is InChI=1S/C10H8N6O3/c1-5-2-3-7(18-5)8-4-6(14-19-8)9(17)11-10-12-15-16-13-10/h2-4H,1H3,(H2,11,12,13,15,16,17). The number of rotatable bonds is 3. The lowest BCUT2D eigenvalue weighted by atomic mass is 10.3. The molecule has 0 aromatic carbocycles. The van der Waals surface area contributed by atoms with Crippen molar-refractivity contribution in [2.75, 3.05) is 5.32 Å². The number of carbonyl (C=O) groups excluding carboxylic acids is 1. The maximum Gasteiger partial charge on any atom is 0.280 e. The number of hydrogen-bond donors (Lipinski definition) is 2. The molecule has 0 bridgehead atoms. The van der Waals surface area contributed by atoms with Crippen molar-refractivity contribution in [1.29, 1.82) is 0 Å². The number of anilines is 1. The number of nitrogens with one attached hydrogen (secondary N) is 2. The summed E-state index contributed by atoms with van der Waals surface area (Å²) in [6.45, 7) is 1.81. The fraction of sp³-hybridized carbons (Fsp3) is 0.100. The van der Waals surface area contributed by atoms with Crippen molar-refractivity contribution in [1.82, 2.24) is 25.8 Å². The molecular formula is C10H8N6O3. The predicted molar refractivity (Wildman–Crippen MR) is 61.1 cm³/mol. The Morgan fingerprint density at radius 1 is 1.37 bits per heavy atom. The average molecular weight is 260 g/mol. The van der Waals surface area contributed by atoms with Gasteiger partial charge in [0.2, 0.25) is 5.76 Å². The minimum atomic E-state index is -0.500. The molecule has 0 atom stereocenters. The minimum absolute atomic E-state index is 0.0587. The van der Waals surface area contributed by atoms with Gasteiger partial charge in [0.25, 0.3) is 11.9 Å². The minimum Gasteiger partial charge on any atom is -0.458 e. The fourth-order valence-corrected chi connectivity index (χ4v) is 1.45. The molecule has 0 fully saturated rings. The van der Waals surface area contributed by atoms with Crippen molar-refractivity contribution >= 4 is 11.9 Å². The number of furan rings is 1. The largest absolute Gasteiger partial charge is 0.458 e. The van der Waals surface area contributed by atoms with Gasteiger partial charge in [-0.2, -0.15) is 5.21 Å². The van der Waals surface area contributed by atoms with Crippen molar-refractivity contribution in [3.05, 3.63) is 29.7 Å². The second-order valence-electron chi connectivity index (χ2n) is 3.68. The number of H-pyrrole nitrogens is 1. The molecule has 1 amide bonds. The summed E-state index contributed by atoms with van der Waals surface area (Å²) in [6, 6.07) is 4.99. The van der Waals surface area contributed by atoms with Crippen molar-refractivity contribution in [2.45, 2.75) is 6.92 Å². The van der Waals surface area contributed by atoms with Gasteiger partial charge in [-0.3, -0.25) is 10.1 Å². The summed E-state index contributed by atoms with van der Waals surface area (Å²) in [5.41, 5.74) is 0.0915. The highest BCUT2D eigenvalue weighted by atomic mass is 16.5. The molecule has 3 heterocycles. The molecule has 19 heavy (non-hydrogen) atoms. The van der Waals surface area contributed by atoms with Crippen LogP contribution in [-0.4, -0.2) is 31.7 Å². The summed E-state index contributed by atoms with van der Waals surface area (Å²) in [6.07, 6.45) is 0. The van der Waals surface area contributed by atoms with Crippen molar-refractivity contribution in [2.24, 2.45) is 0 Å². The van der Waals surface area contributed by atoms with Crippen LogP contribution in [0.4, 0.5) is 5.95 Å². The van der Waals surface area contributed by atoms with E-state index in [0.29, 0.717) is 11.5 Å². The van der Waals surface area contributed by atoms with E-state index in [1.165, 1.54) is 6.07 Å². The first kappa shape index (κ1) is 11.1. The van der Waals surface area contributed by atoms with E-state index in [0.717, 1.165) is 5.76 Å². The van der Waals surface area contributed by atoms with Gasteiger partial charge >= 0.3 is 0 Å². The van der Waals surface area contributed by atoms with Crippen LogP contribution in [0.5, 0.6) is 0 Å². The van der Waals surface area contributed by atoms with Crippen LogP contribution in [0.25, 0.3) is 11.5 Å². The number of hydrogen-bond acceptors (Lipinski definition) is 7. The van der Waals surface area contributed by atoms with Crippen LogP contribution in [0.3, 0.4) is 0 Å². The zero-order valence-corrected chi connectivity index (χ0v) is 9.75. The van der Waals surface area contributed by atoms with Gasteiger partial charge in [0.15, 0.2) is 11.5 Å². The van der Waals surface area contributed by atoms with Gasteiger partial charge in [-0.15, -0.1) is 5.10 Å². The maximum atomic E-state index is 11.8. The first-order chi connectivity index (χ1) is 9.22. The zero-order chi connectivity index (χ0) is 13.2. The van der Waals surface area contributed by atoms with E-state index >= 15 is 0 Å². The number of aryl methyl sites for hydroxylation is 1. The smallest absolute Gasteiger partial charge is 0.280 e. The molecule has 2 N–H and O–H groups in total. The molecule has 3 aromatic heterocycles. The Balaban J connectivity index is 1.79. The molecule has 0 aliphatic heterocycles. The Bertz CT molecular complexity index is 699. The average Bonchev–Trinajstić information content (AvgIpc) is 3.07. The third-order valence-corrected chi connectivity index (χ3v) is 2.30. The molecule has 0 unspecified atom stereocenters. The van der Waals surface area contributed by atoms with E-state index < -0.39 is 5.91 Å². The molecule has 0 radical (unpaired) electrons. The Labute approximate surface area is 106 Å². The van der Waals surface area contributed by atoms with Crippen LogP contribution in [0.1, 0.15) is 16.2 Å². The highest BCUT2D eigenvalue weighted by Gasteiger charge is 2.16. The second kappa shape index (κ2) is 4.37. The first-order valence-corrected chi connectivity index (χ1v) is 5.31. The molecule has 96 valence electrons. The van der Waals surface area contributed by atoms with Crippen molar-refractivity contribution in [3.8, 4) is 11.5 Å². The quantitative estimate of drug-likeness (QED) is 0.720. The SMILES string of the molecule is Cc1ccc(-c2cc(C(=O)Nc3nn[nH]n3)no2)o1. The third-order valence-electron chi connectivity index (χ3n) is 2.30. The van der Waals surface area contributed by atoms with Gasteiger partial charge in [-0.05, 0) is 24.3 Å². The van der Waals surface area contributed by atoms with Gasteiger partial charge in [-0.25, -0.2) is 0 Å². The third kappa shape index (κ3) is 2.20. The maximum absolute atomic E-state index is 11.8. The molecule has 3 rings (SSSR count). The number of aromatic nitrogens is 5. The Hall–Kier alpha value is -2.97. The van der Waals surface area contributed by atoms with Crippen molar-refractivity contribution in [3.63, 3.8) is 0 Å². The van der Waals surface area contributed by atoms with Gasteiger partial charge in [-0.1, -0.05) is 10.3 Å². The van der Waals surface area contributed by atoms with Crippen LogP contribution < -0.4 is 5.32 Å². The number of amides is 1. The number of tetrazole rings is 1. The molecule has 0 spiro atoms. The molecular weight excluding hydrogens is 252 g/mol. The Morgan fingerprint density at radius 3 is 2.95 bits per heavy atom.